The number of allylic oxidation sites excluding steroid dienone is 3. The molecular formula is C22H32O4. The number of hydrogen-bond acceptors (Lipinski definition) is 4. The molecule has 0 aliphatic heterocycles. The number of carbonyl (C=O) groups is 2. The second-order valence-corrected chi connectivity index (χ2v) is 9.19. The van der Waals surface area contributed by atoms with Crippen LogP contribution in [0.25, 0.3) is 0 Å². The minimum atomic E-state index is -0.952. The molecule has 4 nitrogen and oxygen atoms in total. The second kappa shape index (κ2) is 6.33. The minimum absolute atomic E-state index is 0.0514. The number of fused-ring (bicyclic) bond motifs is 2. The summed E-state index contributed by atoms with van der Waals surface area (Å²) in [6.45, 7) is 11.7. The van der Waals surface area contributed by atoms with Crippen LogP contribution in [0.3, 0.4) is 0 Å². The average molecular weight is 360 g/mol. The molecule has 0 radical (unpaired) electrons. The lowest BCUT2D eigenvalue weighted by Crippen LogP contribution is -2.52. The van der Waals surface area contributed by atoms with Gasteiger partial charge in [0, 0.05) is 24.7 Å². The molecule has 0 aromatic heterocycles. The predicted octanol–water partition coefficient (Wildman–Crippen LogP) is 3.98. The van der Waals surface area contributed by atoms with E-state index in [1.54, 1.807) is 0 Å². The molecule has 0 amide bonds. The smallest absolute Gasteiger partial charge is 0.302 e. The molecule has 3 aliphatic rings. The molecule has 4 heteroatoms. The van der Waals surface area contributed by atoms with E-state index in [0.717, 1.165) is 11.1 Å². The van der Waals surface area contributed by atoms with Crippen LogP contribution in [-0.2, 0) is 14.3 Å². The van der Waals surface area contributed by atoms with Gasteiger partial charge in [0.2, 0.25) is 0 Å². The molecule has 26 heavy (non-hydrogen) atoms. The number of ether oxygens (including phenoxy) is 1. The maximum atomic E-state index is 12.4. The van der Waals surface area contributed by atoms with Crippen molar-refractivity contribution in [1.29, 1.82) is 0 Å². The van der Waals surface area contributed by atoms with Gasteiger partial charge < -0.3 is 9.84 Å². The summed E-state index contributed by atoms with van der Waals surface area (Å²) in [5.74, 6) is 0.371. The van der Waals surface area contributed by atoms with E-state index in [9.17, 15) is 14.7 Å². The van der Waals surface area contributed by atoms with Gasteiger partial charge in [-0.15, -0.1) is 0 Å². The third kappa shape index (κ3) is 2.69. The van der Waals surface area contributed by atoms with Crippen molar-refractivity contribution < 1.29 is 19.4 Å². The normalized spacial score (nSPS) is 40.1. The van der Waals surface area contributed by atoms with Crippen LogP contribution in [-0.4, -0.2) is 28.6 Å². The van der Waals surface area contributed by atoms with Crippen LogP contribution >= 0.6 is 0 Å². The zero-order valence-corrected chi connectivity index (χ0v) is 16.9. The molecule has 1 fully saturated rings. The zero-order chi connectivity index (χ0) is 19.4. The SMILES string of the molecule is CC(=O)O[C@H]1C[C@@H](C(C)C)[C@@]2(O)CC=C(C)[C@@H]3CC(=O)C(C)=C3C[C@]12C. The molecular weight excluding hydrogens is 328 g/mol. The third-order valence-corrected chi connectivity index (χ3v) is 7.45. The van der Waals surface area contributed by atoms with Gasteiger partial charge in [-0.2, -0.15) is 0 Å². The first-order valence-corrected chi connectivity index (χ1v) is 9.80. The highest BCUT2D eigenvalue weighted by molar-refractivity contribution is 5.99. The van der Waals surface area contributed by atoms with Gasteiger partial charge in [-0.25, -0.2) is 0 Å². The van der Waals surface area contributed by atoms with Crippen molar-refractivity contribution in [2.45, 2.75) is 78.9 Å². The van der Waals surface area contributed by atoms with Crippen molar-refractivity contribution in [3.05, 3.63) is 22.8 Å². The van der Waals surface area contributed by atoms with Gasteiger partial charge in [0.05, 0.1) is 5.60 Å². The first kappa shape index (κ1) is 19.3. The van der Waals surface area contributed by atoms with Crippen LogP contribution in [0.1, 0.15) is 67.2 Å². The van der Waals surface area contributed by atoms with E-state index >= 15 is 0 Å². The van der Waals surface area contributed by atoms with E-state index in [1.165, 1.54) is 12.5 Å². The van der Waals surface area contributed by atoms with Crippen LogP contribution in [0.15, 0.2) is 22.8 Å². The Bertz CT molecular complexity index is 701. The molecule has 5 atom stereocenters. The van der Waals surface area contributed by atoms with E-state index in [1.807, 2.05) is 6.92 Å². The maximum Gasteiger partial charge on any atom is 0.302 e. The van der Waals surface area contributed by atoms with Crippen molar-refractivity contribution in [2.24, 2.45) is 23.2 Å². The Labute approximate surface area is 156 Å². The quantitative estimate of drug-likeness (QED) is 0.598. The van der Waals surface area contributed by atoms with E-state index in [4.69, 9.17) is 4.74 Å². The topological polar surface area (TPSA) is 63.6 Å². The van der Waals surface area contributed by atoms with Gasteiger partial charge in [-0.05, 0) is 50.5 Å². The lowest BCUT2D eigenvalue weighted by Gasteiger charge is -2.47. The molecule has 1 saturated carbocycles. The average Bonchev–Trinajstić information content (AvgIpc) is 2.92. The number of rotatable bonds is 2. The molecule has 1 N–H and O–H groups in total. The lowest BCUT2D eigenvalue weighted by molar-refractivity contribution is -0.161. The number of carbonyl (C=O) groups excluding carboxylic acids is 2. The Balaban J connectivity index is 2.15. The molecule has 0 unspecified atom stereocenters. The molecule has 0 aromatic rings. The van der Waals surface area contributed by atoms with E-state index in [2.05, 4.69) is 33.8 Å². The summed E-state index contributed by atoms with van der Waals surface area (Å²) in [6, 6.07) is 0. The summed E-state index contributed by atoms with van der Waals surface area (Å²) in [7, 11) is 0. The highest BCUT2D eigenvalue weighted by atomic mass is 16.5. The van der Waals surface area contributed by atoms with Crippen LogP contribution in [0.5, 0.6) is 0 Å². The monoisotopic (exact) mass is 360 g/mol. The Hall–Kier alpha value is -1.42. The molecule has 0 saturated heterocycles. The second-order valence-electron chi connectivity index (χ2n) is 9.19. The van der Waals surface area contributed by atoms with E-state index in [-0.39, 0.29) is 35.6 Å². The summed E-state index contributed by atoms with van der Waals surface area (Å²) in [5, 5.41) is 11.9. The van der Waals surface area contributed by atoms with Crippen molar-refractivity contribution in [3.8, 4) is 0 Å². The van der Waals surface area contributed by atoms with Gasteiger partial charge >= 0.3 is 5.97 Å². The lowest BCUT2D eigenvalue weighted by atomic mass is 9.62. The molecule has 144 valence electrons. The number of Topliss-reactive ketones (excluding diaryl/α,β-unsaturated/α-hetero) is 1. The fourth-order valence-electron chi connectivity index (χ4n) is 5.69. The summed E-state index contributed by atoms with van der Waals surface area (Å²) < 4.78 is 5.74. The fourth-order valence-corrected chi connectivity index (χ4v) is 5.69. The van der Waals surface area contributed by atoms with Gasteiger partial charge in [-0.3, -0.25) is 9.59 Å². The maximum absolute atomic E-state index is 12.4. The standard InChI is InChI=1S/C22H32O4/c1-12(2)18-10-20(26-15(5)23)21(6)11-17-14(4)19(24)9-16(17)13(3)7-8-22(18,21)25/h7,12,16,18,20,25H,8-11H2,1-6H3/t16-,18-,20-,21+,22-/m0/s1. The Morgan fingerprint density at radius 2 is 2.00 bits per heavy atom. The van der Waals surface area contributed by atoms with Crippen molar-refractivity contribution in [3.63, 3.8) is 0 Å². The predicted molar refractivity (Wildman–Crippen MR) is 100 cm³/mol. The fraction of sp³-hybridized carbons (Fsp3) is 0.727. The van der Waals surface area contributed by atoms with Crippen molar-refractivity contribution in [1.82, 2.24) is 0 Å². The van der Waals surface area contributed by atoms with Gasteiger partial charge in [0.15, 0.2) is 5.78 Å². The third-order valence-electron chi connectivity index (χ3n) is 7.45. The molecule has 3 aliphatic carbocycles. The van der Waals surface area contributed by atoms with E-state index < -0.39 is 11.0 Å². The Morgan fingerprint density at radius 3 is 2.58 bits per heavy atom. The summed E-state index contributed by atoms with van der Waals surface area (Å²) in [5.41, 5.74) is 1.60. The molecule has 0 bridgehead atoms. The highest BCUT2D eigenvalue weighted by Gasteiger charge is 2.64. The van der Waals surface area contributed by atoms with E-state index in [0.29, 0.717) is 25.7 Å². The van der Waals surface area contributed by atoms with Gasteiger partial charge in [0.25, 0.3) is 0 Å². The Morgan fingerprint density at radius 1 is 1.35 bits per heavy atom. The number of aliphatic hydroxyl groups is 1. The summed E-state index contributed by atoms with van der Waals surface area (Å²) in [6.07, 6.45) is 4.15. The van der Waals surface area contributed by atoms with Gasteiger partial charge in [-0.1, -0.05) is 38.0 Å². The van der Waals surface area contributed by atoms with Crippen LogP contribution in [0.2, 0.25) is 0 Å². The summed E-state index contributed by atoms with van der Waals surface area (Å²) in [4.78, 5) is 24.2. The van der Waals surface area contributed by atoms with Crippen LogP contribution < -0.4 is 0 Å². The van der Waals surface area contributed by atoms with Crippen LogP contribution in [0, 0.1) is 23.2 Å². The molecule has 0 aromatic carbocycles. The first-order valence-electron chi connectivity index (χ1n) is 9.80. The number of esters is 1. The Kier molecular flexibility index (Phi) is 4.71. The van der Waals surface area contributed by atoms with Crippen molar-refractivity contribution >= 4 is 11.8 Å². The number of ketones is 1. The summed E-state index contributed by atoms with van der Waals surface area (Å²) >= 11 is 0. The highest BCUT2D eigenvalue weighted by Crippen LogP contribution is 2.60. The first-order chi connectivity index (χ1) is 12.0. The van der Waals surface area contributed by atoms with Gasteiger partial charge in [0.1, 0.15) is 6.10 Å². The number of hydrogen-bond donors (Lipinski definition) is 1. The zero-order valence-electron chi connectivity index (χ0n) is 16.9. The molecule has 0 heterocycles. The van der Waals surface area contributed by atoms with Crippen molar-refractivity contribution in [2.75, 3.05) is 0 Å². The molecule has 0 spiro atoms. The minimum Gasteiger partial charge on any atom is -0.462 e. The largest absolute Gasteiger partial charge is 0.462 e. The molecule has 3 rings (SSSR count). The van der Waals surface area contributed by atoms with Crippen LogP contribution in [0.4, 0.5) is 0 Å².